The second-order valence-corrected chi connectivity index (χ2v) is 7.48. The molecule has 0 aliphatic heterocycles. The maximum Gasteiger partial charge on any atom is 0.175 e. The predicted octanol–water partition coefficient (Wildman–Crippen LogP) is 5.63. The largest absolute Gasteiger partial charge is 0.493 e. The Morgan fingerprint density at radius 1 is 1.15 bits per heavy atom. The minimum Gasteiger partial charge on any atom is -0.493 e. The number of methoxy groups -OCH3 is 1. The minimum atomic E-state index is 0. The Balaban J connectivity index is 0.00000364. The third-order valence-electron chi connectivity index (χ3n) is 3.96. The fourth-order valence-corrected chi connectivity index (χ4v) is 3.33. The monoisotopic (exact) mass is 497 g/mol. The molecule has 150 valence electrons. The van der Waals surface area contributed by atoms with E-state index in [1.54, 1.807) is 19.2 Å². The number of aliphatic hydroxyl groups excluding tert-OH is 1. The van der Waals surface area contributed by atoms with Crippen LogP contribution in [0, 0.1) is 0 Å². The Morgan fingerprint density at radius 3 is 2.48 bits per heavy atom. The summed E-state index contributed by atoms with van der Waals surface area (Å²) in [5.74, 6) is 1.25. The average Bonchev–Trinajstić information content (AvgIpc) is 2.64. The van der Waals surface area contributed by atoms with Gasteiger partial charge in [0.25, 0.3) is 0 Å². The van der Waals surface area contributed by atoms with E-state index >= 15 is 0 Å². The molecule has 0 saturated carbocycles. The zero-order valence-electron chi connectivity index (χ0n) is 15.1. The van der Waals surface area contributed by atoms with Gasteiger partial charge in [-0.1, -0.05) is 36.2 Å². The first-order chi connectivity index (χ1) is 12.5. The van der Waals surface area contributed by atoms with Crippen molar-refractivity contribution < 1.29 is 14.6 Å². The Morgan fingerprint density at radius 2 is 1.89 bits per heavy atom. The van der Waals surface area contributed by atoms with Gasteiger partial charge in [-0.05, 0) is 57.7 Å². The number of rotatable bonds is 9. The molecule has 0 aromatic heterocycles. The highest BCUT2D eigenvalue weighted by atomic mass is 79.9. The van der Waals surface area contributed by atoms with Gasteiger partial charge in [0.1, 0.15) is 6.61 Å². The molecule has 8 heteroatoms. The maximum atomic E-state index is 9.28. The summed E-state index contributed by atoms with van der Waals surface area (Å²) in [5.41, 5.74) is 1.94. The summed E-state index contributed by atoms with van der Waals surface area (Å²) < 4.78 is 12.2. The number of hydrogen-bond acceptors (Lipinski definition) is 4. The molecule has 1 atom stereocenters. The molecule has 2 rings (SSSR count). The van der Waals surface area contributed by atoms with Gasteiger partial charge in [0.05, 0.1) is 28.2 Å². The fraction of sp³-hybridized carbons (Fsp3) is 0.368. The lowest BCUT2D eigenvalue weighted by Gasteiger charge is -2.17. The molecule has 0 bridgehead atoms. The van der Waals surface area contributed by atoms with Crippen molar-refractivity contribution >= 4 is 51.5 Å². The molecular weight excluding hydrogens is 476 g/mol. The van der Waals surface area contributed by atoms with E-state index in [0.29, 0.717) is 34.7 Å². The molecule has 0 radical (unpaired) electrons. The van der Waals surface area contributed by atoms with Crippen LogP contribution in [0.2, 0.25) is 10.0 Å². The summed E-state index contributed by atoms with van der Waals surface area (Å²) in [5, 5.41) is 13.6. The van der Waals surface area contributed by atoms with Crippen molar-refractivity contribution in [1.29, 1.82) is 0 Å². The van der Waals surface area contributed by atoms with Crippen LogP contribution in [-0.2, 0) is 13.2 Å². The molecule has 0 aliphatic rings. The number of hydrogen-bond donors (Lipinski definition) is 2. The molecule has 2 aromatic carbocycles. The van der Waals surface area contributed by atoms with Crippen molar-refractivity contribution in [2.24, 2.45) is 0 Å². The molecule has 4 nitrogen and oxygen atoms in total. The Hall–Kier alpha value is -0.690. The van der Waals surface area contributed by atoms with Gasteiger partial charge >= 0.3 is 0 Å². The third kappa shape index (κ3) is 7.00. The van der Waals surface area contributed by atoms with Crippen molar-refractivity contribution in [3.8, 4) is 11.5 Å². The standard InChI is InChI=1S/C19H22BrCl2NO3.ClH/c1-3-14(10-24)23-9-13-6-15(20)19(18(8-13)25-2)26-11-12-4-5-16(21)17(22)7-12;/h4-8,14,23-24H,3,9-11H2,1-2H3;1H. The molecule has 0 heterocycles. The first kappa shape index (κ1) is 24.3. The molecule has 27 heavy (non-hydrogen) atoms. The lowest BCUT2D eigenvalue weighted by Crippen LogP contribution is -2.31. The van der Waals surface area contributed by atoms with Gasteiger partial charge in [-0.25, -0.2) is 0 Å². The molecule has 0 saturated heterocycles. The van der Waals surface area contributed by atoms with Gasteiger partial charge in [0.2, 0.25) is 0 Å². The van der Waals surface area contributed by atoms with Gasteiger partial charge in [-0.15, -0.1) is 12.4 Å². The molecule has 0 spiro atoms. The van der Waals surface area contributed by atoms with Crippen molar-refractivity contribution in [2.45, 2.75) is 32.5 Å². The maximum absolute atomic E-state index is 9.28. The topological polar surface area (TPSA) is 50.7 Å². The lowest BCUT2D eigenvalue weighted by atomic mass is 10.1. The van der Waals surface area contributed by atoms with E-state index in [4.69, 9.17) is 32.7 Å². The zero-order chi connectivity index (χ0) is 19.1. The van der Waals surface area contributed by atoms with Crippen molar-refractivity contribution in [2.75, 3.05) is 13.7 Å². The quantitative estimate of drug-likeness (QED) is 0.470. The van der Waals surface area contributed by atoms with Gasteiger partial charge in [-0.2, -0.15) is 0 Å². The predicted molar refractivity (Wildman–Crippen MR) is 117 cm³/mol. The minimum absolute atomic E-state index is 0. The van der Waals surface area contributed by atoms with Crippen LogP contribution in [0.25, 0.3) is 0 Å². The van der Waals surface area contributed by atoms with Crippen molar-refractivity contribution in [1.82, 2.24) is 5.32 Å². The van der Waals surface area contributed by atoms with Gasteiger partial charge in [0.15, 0.2) is 11.5 Å². The Kier molecular flexibility index (Phi) is 10.8. The summed E-state index contributed by atoms with van der Waals surface area (Å²) in [4.78, 5) is 0. The summed E-state index contributed by atoms with van der Waals surface area (Å²) in [6.45, 7) is 3.11. The third-order valence-corrected chi connectivity index (χ3v) is 5.29. The van der Waals surface area contributed by atoms with Crippen LogP contribution < -0.4 is 14.8 Å². The van der Waals surface area contributed by atoms with E-state index in [-0.39, 0.29) is 25.1 Å². The fourth-order valence-electron chi connectivity index (χ4n) is 2.40. The van der Waals surface area contributed by atoms with Crippen LogP contribution in [0.1, 0.15) is 24.5 Å². The van der Waals surface area contributed by atoms with E-state index in [1.807, 2.05) is 25.1 Å². The second kappa shape index (κ2) is 12.0. The Labute approximate surface area is 184 Å². The first-order valence-corrected chi connectivity index (χ1v) is 9.80. The molecule has 0 aliphatic carbocycles. The highest BCUT2D eigenvalue weighted by Gasteiger charge is 2.13. The molecule has 0 amide bonds. The van der Waals surface area contributed by atoms with Crippen LogP contribution in [0.3, 0.4) is 0 Å². The normalized spacial score (nSPS) is 11.6. The van der Waals surface area contributed by atoms with E-state index in [1.165, 1.54) is 0 Å². The van der Waals surface area contributed by atoms with Crippen LogP contribution in [0.4, 0.5) is 0 Å². The molecule has 1 unspecified atom stereocenters. The molecule has 2 aromatic rings. The van der Waals surface area contributed by atoms with E-state index in [2.05, 4.69) is 21.2 Å². The van der Waals surface area contributed by atoms with Crippen LogP contribution in [0.5, 0.6) is 11.5 Å². The molecule has 2 N–H and O–H groups in total. The van der Waals surface area contributed by atoms with Crippen LogP contribution in [-0.4, -0.2) is 24.9 Å². The van der Waals surface area contributed by atoms with Gasteiger partial charge in [-0.3, -0.25) is 0 Å². The van der Waals surface area contributed by atoms with Gasteiger partial charge < -0.3 is 19.9 Å². The highest BCUT2D eigenvalue weighted by molar-refractivity contribution is 9.10. The number of ether oxygens (including phenoxy) is 2. The molecule has 0 fully saturated rings. The smallest absolute Gasteiger partial charge is 0.175 e. The number of benzene rings is 2. The summed E-state index contributed by atoms with van der Waals surface area (Å²) >= 11 is 15.5. The number of aliphatic hydroxyl groups is 1. The zero-order valence-corrected chi connectivity index (χ0v) is 19.0. The van der Waals surface area contributed by atoms with Gasteiger partial charge in [0, 0.05) is 12.6 Å². The van der Waals surface area contributed by atoms with E-state index < -0.39 is 0 Å². The van der Waals surface area contributed by atoms with Crippen LogP contribution >= 0.6 is 51.5 Å². The summed E-state index contributed by atoms with van der Waals surface area (Å²) in [6, 6.07) is 9.37. The molecular formula is C19H23BrCl3NO3. The SMILES string of the molecule is CCC(CO)NCc1cc(Br)c(OCc2ccc(Cl)c(Cl)c2)c(OC)c1.Cl. The van der Waals surface area contributed by atoms with E-state index in [9.17, 15) is 5.11 Å². The van der Waals surface area contributed by atoms with Crippen molar-refractivity contribution in [3.63, 3.8) is 0 Å². The highest BCUT2D eigenvalue weighted by Crippen LogP contribution is 2.37. The van der Waals surface area contributed by atoms with Crippen LogP contribution in [0.15, 0.2) is 34.8 Å². The average molecular weight is 500 g/mol. The summed E-state index contributed by atoms with van der Waals surface area (Å²) in [6.07, 6.45) is 0.861. The first-order valence-electron chi connectivity index (χ1n) is 8.25. The number of nitrogens with one attached hydrogen (secondary N) is 1. The second-order valence-electron chi connectivity index (χ2n) is 5.81. The summed E-state index contributed by atoms with van der Waals surface area (Å²) in [7, 11) is 1.60. The van der Waals surface area contributed by atoms with Crippen molar-refractivity contribution in [3.05, 3.63) is 56.0 Å². The lowest BCUT2D eigenvalue weighted by molar-refractivity contribution is 0.238. The van der Waals surface area contributed by atoms with E-state index in [0.717, 1.165) is 22.0 Å². The number of halogens is 4. The Bertz CT molecular complexity index is 742.